The van der Waals surface area contributed by atoms with E-state index in [2.05, 4.69) is 26.0 Å². The number of nitrogens with zero attached hydrogens (tertiary/aromatic N) is 5. The third-order valence-electron chi connectivity index (χ3n) is 6.27. The first-order valence-corrected chi connectivity index (χ1v) is 10.7. The Morgan fingerprint density at radius 1 is 1.24 bits per heavy atom. The summed E-state index contributed by atoms with van der Waals surface area (Å²) in [4.78, 5) is 24.0. The number of aromatic nitrogens is 2. The lowest BCUT2D eigenvalue weighted by Crippen LogP contribution is -2.50. The van der Waals surface area contributed by atoms with Gasteiger partial charge in [-0.25, -0.2) is 0 Å². The molecular weight excluding hydrogens is 366 g/mol. The monoisotopic (exact) mass is 397 g/mol. The highest BCUT2D eigenvalue weighted by atomic mass is 16.5. The molecule has 0 unspecified atom stereocenters. The number of hydrogen-bond donors (Lipinski definition) is 0. The van der Waals surface area contributed by atoms with Gasteiger partial charge in [-0.05, 0) is 56.9 Å². The van der Waals surface area contributed by atoms with Gasteiger partial charge in [-0.1, -0.05) is 11.2 Å². The van der Waals surface area contributed by atoms with Crippen molar-refractivity contribution >= 4 is 5.91 Å². The predicted octanol–water partition coefficient (Wildman–Crippen LogP) is 2.40. The number of carbonyl (C=O) groups is 1. The second-order valence-electron chi connectivity index (χ2n) is 8.39. The summed E-state index contributed by atoms with van der Waals surface area (Å²) < 4.78 is 4.88. The molecule has 0 aliphatic carbocycles. The highest BCUT2D eigenvalue weighted by Crippen LogP contribution is 2.25. The van der Waals surface area contributed by atoms with E-state index in [9.17, 15) is 4.79 Å². The normalized spacial score (nSPS) is 21.9. The van der Waals surface area contributed by atoms with E-state index in [0.717, 1.165) is 51.3 Å². The van der Waals surface area contributed by atoms with Crippen molar-refractivity contribution in [2.75, 3.05) is 33.2 Å². The Hall–Kier alpha value is -2.25. The van der Waals surface area contributed by atoms with E-state index >= 15 is 0 Å². The molecule has 2 saturated heterocycles. The summed E-state index contributed by atoms with van der Waals surface area (Å²) in [6.07, 6.45) is 9.78. The van der Waals surface area contributed by atoms with Gasteiger partial charge in [-0.3, -0.25) is 19.6 Å². The molecule has 0 spiro atoms. The average molecular weight is 398 g/mol. The predicted molar refractivity (Wildman–Crippen MR) is 110 cm³/mol. The molecule has 7 heteroatoms. The van der Waals surface area contributed by atoms with Gasteiger partial charge in [0.15, 0.2) is 0 Å². The third-order valence-corrected chi connectivity index (χ3v) is 6.27. The molecule has 2 fully saturated rings. The van der Waals surface area contributed by atoms with Crippen LogP contribution in [0, 0.1) is 5.92 Å². The molecule has 0 aromatic carbocycles. The van der Waals surface area contributed by atoms with Crippen LogP contribution in [0.15, 0.2) is 41.4 Å². The van der Waals surface area contributed by atoms with Gasteiger partial charge in [-0.2, -0.15) is 0 Å². The smallest absolute Gasteiger partial charge is 0.227 e. The topological polar surface area (TPSA) is 65.7 Å². The summed E-state index contributed by atoms with van der Waals surface area (Å²) in [5.41, 5.74) is 2.08. The van der Waals surface area contributed by atoms with Crippen LogP contribution in [0.4, 0.5) is 0 Å². The van der Waals surface area contributed by atoms with Gasteiger partial charge in [0.1, 0.15) is 12.0 Å². The summed E-state index contributed by atoms with van der Waals surface area (Å²) in [6, 6.07) is 6.56. The lowest BCUT2D eigenvalue weighted by molar-refractivity contribution is -0.137. The lowest BCUT2D eigenvalue weighted by Gasteiger charge is -2.42. The Morgan fingerprint density at radius 3 is 2.83 bits per heavy atom. The zero-order chi connectivity index (χ0) is 20.1. The van der Waals surface area contributed by atoms with Crippen LogP contribution in [0.25, 0.3) is 0 Å². The van der Waals surface area contributed by atoms with Gasteiger partial charge in [0.05, 0.1) is 12.5 Å². The molecule has 4 rings (SSSR count). The van der Waals surface area contributed by atoms with E-state index in [-0.39, 0.29) is 11.8 Å². The molecule has 2 aromatic heterocycles. The van der Waals surface area contributed by atoms with E-state index in [1.165, 1.54) is 18.4 Å². The van der Waals surface area contributed by atoms with Crippen LogP contribution < -0.4 is 0 Å². The summed E-state index contributed by atoms with van der Waals surface area (Å²) in [6.45, 7) is 5.72. The fourth-order valence-corrected chi connectivity index (χ4v) is 4.68. The maximum absolute atomic E-state index is 12.9. The molecule has 29 heavy (non-hydrogen) atoms. The molecule has 2 aromatic rings. The number of amides is 1. The molecule has 0 N–H and O–H groups in total. The van der Waals surface area contributed by atoms with Crippen molar-refractivity contribution in [1.82, 2.24) is 24.8 Å². The lowest BCUT2D eigenvalue weighted by atomic mass is 9.93. The quantitative estimate of drug-likeness (QED) is 0.746. The molecule has 0 bridgehead atoms. The Bertz CT molecular complexity index is 759. The van der Waals surface area contributed by atoms with Crippen LogP contribution in [0.3, 0.4) is 0 Å². The highest BCUT2D eigenvalue weighted by Gasteiger charge is 2.32. The molecule has 4 heterocycles. The molecule has 1 amide bonds. The zero-order valence-corrected chi connectivity index (χ0v) is 17.2. The average Bonchev–Trinajstić information content (AvgIpc) is 3.27. The maximum Gasteiger partial charge on any atom is 0.227 e. The van der Waals surface area contributed by atoms with Crippen molar-refractivity contribution in [3.05, 3.63) is 48.1 Å². The standard InChI is InChI=1S/C22H31N5O2/c1-25(17-20-8-13-29-24-20)22(28)19-5-3-10-27(16-19)21-6-11-26(12-7-21)15-18-4-2-9-23-14-18/h2,4,8-9,13-14,19,21H,3,5-7,10-12,15-17H2,1H3/t19-/m1/s1. The van der Waals surface area contributed by atoms with Crippen LogP contribution in [-0.4, -0.2) is 70.0 Å². The molecule has 2 aliphatic rings. The Kier molecular flexibility index (Phi) is 6.56. The van der Waals surface area contributed by atoms with Crippen LogP contribution in [0.2, 0.25) is 0 Å². The zero-order valence-electron chi connectivity index (χ0n) is 17.2. The summed E-state index contributed by atoms with van der Waals surface area (Å²) in [5, 5.41) is 3.92. The number of piperidine rings is 2. The molecule has 1 atom stereocenters. The largest absolute Gasteiger partial charge is 0.364 e. The van der Waals surface area contributed by atoms with Gasteiger partial charge in [0.25, 0.3) is 0 Å². The third kappa shape index (κ3) is 5.22. The SMILES string of the molecule is CN(Cc1ccon1)C(=O)[C@@H]1CCCN(C2CCN(Cc3cccnc3)CC2)C1. The van der Waals surface area contributed by atoms with E-state index in [4.69, 9.17) is 4.52 Å². The summed E-state index contributed by atoms with van der Waals surface area (Å²) >= 11 is 0. The molecular formula is C22H31N5O2. The first-order valence-electron chi connectivity index (χ1n) is 10.7. The summed E-state index contributed by atoms with van der Waals surface area (Å²) in [7, 11) is 1.87. The van der Waals surface area contributed by atoms with E-state index in [1.807, 2.05) is 31.6 Å². The van der Waals surface area contributed by atoms with Gasteiger partial charge >= 0.3 is 0 Å². The van der Waals surface area contributed by atoms with Crippen molar-refractivity contribution < 1.29 is 9.32 Å². The maximum atomic E-state index is 12.9. The fraction of sp³-hybridized carbons (Fsp3) is 0.591. The van der Waals surface area contributed by atoms with Gasteiger partial charge in [-0.15, -0.1) is 0 Å². The van der Waals surface area contributed by atoms with Crippen molar-refractivity contribution in [3.63, 3.8) is 0 Å². The van der Waals surface area contributed by atoms with Crippen molar-refractivity contribution in [2.24, 2.45) is 5.92 Å². The molecule has 0 radical (unpaired) electrons. The minimum absolute atomic E-state index is 0.0917. The van der Waals surface area contributed by atoms with Crippen LogP contribution >= 0.6 is 0 Å². The second-order valence-corrected chi connectivity index (χ2v) is 8.39. The number of carbonyl (C=O) groups excluding carboxylic acids is 1. The molecule has 7 nitrogen and oxygen atoms in total. The first-order chi connectivity index (χ1) is 14.2. The Balaban J connectivity index is 1.26. The van der Waals surface area contributed by atoms with Crippen LogP contribution in [-0.2, 0) is 17.9 Å². The van der Waals surface area contributed by atoms with Crippen molar-refractivity contribution in [1.29, 1.82) is 0 Å². The van der Waals surface area contributed by atoms with E-state index in [0.29, 0.717) is 12.6 Å². The Labute approximate surface area is 172 Å². The number of rotatable bonds is 6. The number of pyridine rings is 1. The number of hydrogen-bond acceptors (Lipinski definition) is 6. The van der Waals surface area contributed by atoms with E-state index < -0.39 is 0 Å². The van der Waals surface area contributed by atoms with Crippen molar-refractivity contribution in [2.45, 2.75) is 44.8 Å². The second kappa shape index (κ2) is 9.50. The van der Waals surface area contributed by atoms with Crippen LogP contribution in [0.5, 0.6) is 0 Å². The highest BCUT2D eigenvalue weighted by molar-refractivity contribution is 5.78. The van der Waals surface area contributed by atoms with Gasteiger partial charge in [0.2, 0.25) is 5.91 Å². The first kappa shape index (κ1) is 20.0. The molecule has 156 valence electrons. The molecule has 2 aliphatic heterocycles. The van der Waals surface area contributed by atoms with E-state index in [1.54, 1.807) is 11.2 Å². The minimum Gasteiger partial charge on any atom is -0.364 e. The van der Waals surface area contributed by atoms with Crippen LogP contribution in [0.1, 0.15) is 36.9 Å². The minimum atomic E-state index is 0.0917. The fourth-order valence-electron chi connectivity index (χ4n) is 4.68. The molecule has 0 saturated carbocycles. The van der Waals surface area contributed by atoms with Gasteiger partial charge in [0, 0.05) is 44.6 Å². The Morgan fingerprint density at radius 2 is 2.10 bits per heavy atom. The van der Waals surface area contributed by atoms with Crippen molar-refractivity contribution in [3.8, 4) is 0 Å². The summed E-state index contributed by atoms with van der Waals surface area (Å²) in [5.74, 6) is 0.320. The van der Waals surface area contributed by atoms with Gasteiger partial charge < -0.3 is 9.42 Å². The number of likely N-dealkylation sites (tertiary alicyclic amines) is 2.